The van der Waals surface area contributed by atoms with Crippen molar-refractivity contribution in [1.29, 1.82) is 0 Å². The summed E-state index contributed by atoms with van der Waals surface area (Å²) in [5.41, 5.74) is 2.66. The zero-order valence-electron chi connectivity index (χ0n) is 15.9. The van der Waals surface area contributed by atoms with Crippen molar-refractivity contribution < 1.29 is 31.9 Å². The first kappa shape index (κ1) is 19.3. The molecule has 1 atom stereocenters. The van der Waals surface area contributed by atoms with E-state index in [4.69, 9.17) is 14.3 Å². The van der Waals surface area contributed by atoms with Crippen LogP contribution in [0.25, 0.3) is 0 Å². The van der Waals surface area contributed by atoms with Crippen LogP contribution in [0.2, 0.25) is 0 Å². The van der Waals surface area contributed by atoms with E-state index in [1.165, 1.54) is 18.1 Å². The SMILES string of the molecule is COc1cc(NC23N=CC(F)=C(NO2)N3c2ccc3c(c2)NCO3)cc(C(F)(F)F)c1. The number of hydrogen-bond donors (Lipinski definition) is 3. The summed E-state index contributed by atoms with van der Waals surface area (Å²) in [5.74, 6) is -1.95. The third kappa shape index (κ3) is 3.15. The van der Waals surface area contributed by atoms with Crippen molar-refractivity contribution in [3.05, 3.63) is 53.6 Å². The number of rotatable bonds is 4. The Morgan fingerprint density at radius 3 is 2.84 bits per heavy atom. The van der Waals surface area contributed by atoms with Gasteiger partial charge in [0.1, 0.15) is 11.5 Å². The summed E-state index contributed by atoms with van der Waals surface area (Å²) in [6.45, 7) is 0.288. The number of allylic oxidation sites excluding steroid dienone is 1. The van der Waals surface area contributed by atoms with Crippen LogP contribution in [-0.4, -0.2) is 26.0 Å². The largest absolute Gasteiger partial charge is 0.497 e. The van der Waals surface area contributed by atoms with Crippen LogP contribution in [0.15, 0.2) is 53.0 Å². The van der Waals surface area contributed by atoms with Crippen molar-refractivity contribution in [2.24, 2.45) is 4.99 Å². The van der Waals surface area contributed by atoms with Gasteiger partial charge in [0, 0.05) is 11.8 Å². The fourth-order valence-electron chi connectivity index (χ4n) is 3.48. The number of methoxy groups -OCH3 is 1. The molecular formula is C19H15F4N5O3. The smallest absolute Gasteiger partial charge is 0.416 e. The number of nitrogens with zero attached hydrogens (tertiary/aromatic N) is 2. The second-order valence-corrected chi connectivity index (χ2v) is 6.82. The Bertz CT molecular complexity index is 1120. The van der Waals surface area contributed by atoms with Crippen molar-refractivity contribution in [2.75, 3.05) is 29.4 Å². The number of halogens is 4. The summed E-state index contributed by atoms with van der Waals surface area (Å²) in [6, 6.07) is 8.14. The van der Waals surface area contributed by atoms with Crippen LogP contribution in [0.1, 0.15) is 5.56 Å². The Morgan fingerprint density at radius 1 is 1.23 bits per heavy atom. The summed E-state index contributed by atoms with van der Waals surface area (Å²) in [5, 5.41) is 5.84. The maximum Gasteiger partial charge on any atom is 0.416 e. The number of hydroxylamine groups is 1. The number of benzene rings is 2. The molecule has 12 heteroatoms. The molecule has 0 aromatic heterocycles. The lowest BCUT2D eigenvalue weighted by Crippen LogP contribution is -2.51. The van der Waals surface area contributed by atoms with Crippen LogP contribution in [0.5, 0.6) is 11.5 Å². The van der Waals surface area contributed by atoms with Crippen molar-refractivity contribution in [1.82, 2.24) is 5.48 Å². The second-order valence-electron chi connectivity index (χ2n) is 6.82. The van der Waals surface area contributed by atoms with E-state index in [9.17, 15) is 17.6 Å². The fourth-order valence-corrected chi connectivity index (χ4v) is 3.48. The maximum absolute atomic E-state index is 14.4. The lowest BCUT2D eigenvalue weighted by molar-refractivity contribution is -0.137. The zero-order chi connectivity index (χ0) is 21.8. The molecular weight excluding hydrogens is 422 g/mol. The number of alkyl halides is 3. The Labute approximate surface area is 173 Å². The molecule has 2 aromatic carbocycles. The standard InChI is InChI=1S/C19H15F4N5O3/c1-29-13-5-10(18(21,22)23)4-11(6-13)26-19-25-8-14(20)17(27-31-19)28(19)12-2-3-16-15(7-12)24-9-30-16/h2-8,24,26-27H,9H2,1H3. The van der Waals surface area contributed by atoms with E-state index in [0.29, 0.717) is 17.1 Å². The summed E-state index contributed by atoms with van der Waals surface area (Å²) in [6.07, 6.45) is -3.67. The molecule has 0 saturated carbocycles. The second kappa shape index (κ2) is 6.67. The molecule has 0 aliphatic carbocycles. The molecule has 3 aliphatic rings. The molecule has 31 heavy (non-hydrogen) atoms. The summed E-state index contributed by atoms with van der Waals surface area (Å²) < 4.78 is 64.8. The minimum Gasteiger partial charge on any atom is -0.497 e. The maximum atomic E-state index is 14.4. The Hall–Kier alpha value is -3.67. The molecule has 5 rings (SSSR count). The van der Waals surface area contributed by atoms with E-state index in [1.807, 2.05) is 0 Å². The average Bonchev–Trinajstić information content (AvgIpc) is 3.31. The molecule has 8 nitrogen and oxygen atoms in total. The molecule has 0 amide bonds. The van der Waals surface area contributed by atoms with Crippen LogP contribution in [0, 0.1) is 0 Å². The first-order chi connectivity index (χ1) is 14.8. The van der Waals surface area contributed by atoms with E-state index < -0.39 is 23.5 Å². The first-order valence-electron chi connectivity index (χ1n) is 9.03. The summed E-state index contributed by atoms with van der Waals surface area (Å²) >= 11 is 0. The van der Waals surface area contributed by atoms with Gasteiger partial charge in [0.05, 0.1) is 30.3 Å². The Morgan fingerprint density at radius 2 is 2.06 bits per heavy atom. The molecule has 162 valence electrons. The van der Waals surface area contributed by atoms with Gasteiger partial charge in [0.15, 0.2) is 18.4 Å². The molecule has 0 spiro atoms. The van der Waals surface area contributed by atoms with Gasteiger partial charge in [0.2, 0.25) is 0 Å². The van der Waals surface area contributed by atoms with Gasteiger partial charge >= 0.3 is 12.1 Å². The minimum absolute atomic E-state index is 0.00167. The molecule has 3 N–H and O–H groups in total. The number of ether oxygens (including phenoxy) is 2. The van der Waals surface area contributed by atoms with Gasteiger partial charge in [-0.2, -0.15) is 13.2 Å². The molecule has 1 fully saturated rings. The van der Waals surface area contributed by atoms with Crippen LogP contribution in [0.3, 0.4) is 0 Å². The number of aliphatic imine (C=N–C) groups is 1. The highest BCUT2D eigenvalue weighted by Gasteiger charge is 2.51. The first-order valence-corrected chi connectivity index (χ1v) is 9.03. The monoisotopic (exact) mass is 437 g/mol. The Kier molecular flexibility index (Phi) is 4.15. The van der Waals surface area contributed by atoms with Crippen molar-refractivity contribution in [3.8, 4) is 11.5 Å². The van der Waals surface area contributed by atoms with Gasteiger partial charge in [0.25, 0.3) is 0 Å². The molecule has 2 aromatic rings. The van der Waals surface area contributed by atoms with E-state index in [0.717, 1.165) is 18.3 Å². The van der Waals surface area contributed by atoms with Crippen LogP contribution < -0.4 is 30.5 Å². The van der Waals surface area contributed by atoms with E-state index in [-0.39, 0.29) is 24.0 Å². The number of fused-ring (bicyclic) bond motifs is 3. The number of anilines is 3. The Balaban J connectivity index is 1.57. The normalized spacial score (nSPS) is 21.4. The van der Waals surface area contributed by atoms with Gasteiger partial charge in [-0.15, -0.1) is 0 Å². The minimum atomic E-state index is -4.60. The van der Waals surface area contributed by atoms with Crippen molar-refractivity contribution >= 4 is 23.3 Å². The average molecular weight is 437 g/mol. The third-order valence-corrected chi connectivity index (χ3v) is 4.88. The van der Waals surface area contributed by atoms with E-state index >= 15 is 0 Å². The highest BCUT2D eigenvalue weighted by atomic mass is 19.4. The van der Waals surface area contributed by atoms with Crippen LogP contribution >= 0.6 is 0 Å². The highest BCUT2D eigenvalue weighted by molar-refractivity contribution is 5.83. The number of nitrogens with one attached hydrogen (secondary N) is 3. The fraction of sp³-hybridized carbons (Fsp3) is 0.211. The predicted octanol–water partition coefficient (Wildman–Crippen LogP) is 3.76. The predicted molar refractivity (Wildman–Crippen MR) is 103 cm³/mol. The summed E-state index contributed by atoms with van der Waals surface area (Å²) in [7, 11) is 1.26. The molecule has 1 unspecified atom stereocenters. The van der Waals surface area contributed by atoms with Gasteiger partial charge in [-0.1, -0.05) is 0 Å². The molecule has 3 aliphatic heterocycles. The lowest BCUT2D eigenvalue weighted by Gasteiger charge is -2.35. The van der Waals surface area contributed by atoms with Crippen molar-refractivity contribution in [2.45, 2.75) is 12.1 Å². The van der Waals surface area contributed by atoms with Crippen LogP contribution in [0.4, 0.5) is 34.6 Å². The molecule has 0 radical (unpaired) electrons. The topological polar surface area (TPSA) is 79.4 Å². The summed E-state index contributed by atoms with van der Waals surface area (Å²) in [4.78, 5) is 11.0. The van der Waals surface area contributed by atoms with Gasteiger partial charge in [-0.05, 0) is 30.3 Å². The quantitative estimate of drug-likeness (QED) is 0.629. The highest BCUT2D eigenvalue weighted by Crippen LogP contribution is 2.43. The molecule has 2 bridgehead atoms. The van der Waals surface area contributed by atoms with E-state index in [1.54, 1.807) is 18.2 Å². The third-order valence-electron chi connectivity index (χ3n) is 4.88. The lowest BCUT2D eigenvalue weighted by atomic mass is 10.1. The van der Waals surface area contributed by atoms with Gasteiger partial charge in [-0.25, -0.2) is 19.7 Å². The molecule has 3 heterocycles. The van der Waals surface area contributed by atoms with Gasteiger partial charge < -0.3 is 20.1 Å². The zero-order valence-corrected chi connectivity index (χ0v) is 15.9. The van der Waals surface area contributed by atoms with E-state index in [2.05, 4.69) is 21.1 Å². The number of hydrogen-bond acceptors (Lipinski definition) is 8. The van der Waals surface area contributed by atoms with Crippen LogP contribution in [-0.2, 0) is 11.0 Å². The molecule has 1 saturated heterocycles. The van der Waals surface area contributed by atoms with Gasteiger partial charge in [-0.3, -0.25) is 4.90 Å². The van der Waals surface area contributed by atoms with Crippen molar-refractivity contribution in [3.63, 3.8) is 0 Å².